The predicted octanol–water partition coefficient (Wildman–Crippen LogP) is 3.22. The maximum absolute atomic E-state index is 14.9. The molecule has 0 fully saturated rings. The van der Waals surface area contributed by atoms with Crippen LogP contribution in [0.5, 0.6) is 0 Å². The van der Waals surface area contributed by atoms with Crippen LogP contribution in [-0.4, -0.2) is 21.0 Å². The van der Waals surface area contributed by atoms with Crippen molar-refractivity contribution in [2.24, 2.45) is 5.73 Å². The minimum absolute atomic E-state index is 0.0249. The highest BCUT2D eigenvalue weighted by atomic mass is 35.5. The van der Waals surface area contributed by atoms with Gasteiger partial charge in [0.25, 0.3) is 5.91 Å². The van der Waals surface area contributed by atoms with Gasteiger partial charge in [-0.05, 0) is 25.0 Å². The SMILES string of the molecule is NC(=O)C1(F)CCC(O)c2nc(Cc3ncc(C(F)(F)F)cc3Cl)ccc21. The minimum atomic E-state index is -4.57. The summed E-state index contributed by atoms with van der Waals surface area (Å²) in [6, 6.07) is 3.45. The molecule has 0 aliphatic heterocycles. The molecule has 5 nitrogen and oxygen atoms in total. The molecule has 3 N–H and O–H groups in total. The van der Waals surface area contributed by atoms with Gasteiger partial charge in [-0.3, -0.25) is 14.8 Å². The fourth-order valence-corrected chi connectivity index (χ4v) is 3.22. The summed E-state index contributed by atoms with van der Waals surface area (Å²) in [6.07, 6.45) is -5.32. The fraction of sp³-hybridized carbons (Fsp3) is 0.353. The number of halogens is 5. The number of hydrogen-bond acceptors (Lipinski definition) is 4. The second kappa shape index (κ2) is 6.72. The molecule has 10 heteroatoms. The lowest BCUT2D eigenvalue weighted by atomic mass is 9.81. The van der Waals surface area contributed by atoms with Crippen molar-refractivity contribution in [2.75, 3.05) is 0 Å². The van der Waals surface area contributed by atoms with E-state index in [-0.39, 0.29) is 41.2 Å². The highest BCUT2D eigenvalue weighted by molar-refractivity contribution is 6.31. The lowest BCUT2D eigenvalue weighted by Gasteiger charge is -2.31. The number of aliphatic hydroxyl groups is 1. The molecule has 0 saturated heterocycles. The number of carbonyl (C=O) groups is 1. The van der Waals surface area contributed by atoms with Crippen molar-refractivity contribution in [1.29, 1.82) is 0 Å². The number of primary amides is 1. The van der Waals surface area contributed by atoms with Gasteiger partial charge in [0.2, 0.25) is 5.67 Å². The largest absolute Gasteiger partial charge is 0.417 e. The number of pyridine rings is 2. The normalized spacial score (nSPS) is 22.4. The fourth-order valence-electron chi connectivity index (χ4n) is 2.99. The molecule has 0 radical (unpaired) electrons. The Kier molecular flexibility index (Phi) is 4.85. The molecular weight excluding hydrogens is 390 g/mol. The third-order valence-corrected chi connectivity index (χ3v) is 4.80. The van der Waals surface area contributed by atoms with Gasteiger partial charge < -0.3 is 10.8 Å². The number of rotatable bonds is 3. The molecule has 1 aliphatic carbocycles. The van der Waals surface area contributed by atoms with Gasteiger partial charge in [0.1, 0.15) is 0 Å². The van der Waals surface area contributed by atoms with Crippen LogP contribution in [0.2, 0.25) is 5.02 Å². The molecule has 144 valence electrons. The molecule has 1 aliphatic rings. The Hall–Kier alpha value is -2.26. The number of carbonyl (C=O) groups excluding carboxylic acids is 1. The highest BCUT2D eigenvalue weighted by Crippen LogP contribution is 2.42. The Morgan fingerprint density at radius 3 is 2.70 bits per heavy atom. The minimum Gasteiger partial charge on any atom is -0.387 e. The monoisotopic (exact) mass is 403 g/mol. The molecule has 2 aromatic rings. The van der Waals surface area contributed by atoms with E-state index in [9.17, 15) is 27.5 Å². The van der Waals surface area contributed by atoms with E-state index in [1.165, 1.54) is 12.1 Å². The van der Waals surface area contributed by atoms with Crippen LogP contribution < -0.4 is 5.73 Å². The molecule has 2 unspecified atom stereocenters. The number of nitrogens with zero attached hydrogens (tertiary/aromatic N) is 2. The van der Waals surface area contributed by atoms with Crippen LogP contribution in [0.25, 0.3) is 0 Å². The third-order valence-electron chi connectivity index (χ3n) is 4.47. The quantitative estimate of drug-likeness (QED) is 0.770. The zero-order valence-electron chi connectivity index (χ0n) is 13.7. The molecule has 0 aromatic carbocycles. The lowest BCUT2D eigenvalue weighted by molar-refractivity contribution is -0.137. The zero-order valence-corrected chi connectivity index (χ0v) is 14.5. The smallest absolute Gasteiger partial charge is 0.387 e. The molecule has 0 bridgehead atoms. The molecule has 2 aromatic heterocycles. The van der Waals surface area contributed by atoms with Crippen LogP contribution >= 0.6 is 11.6 Å². The van der Waals surface area contributed by atoms with E-state index < -0.39 is 29.4 Å². The second-order valence-corrected chi connectivity index (χ2v) is 6.69. The summed E-state index contributed by atoms with van der Waals surface area (Å²) >= 11 is 5.88. The van der Waals surface area contributed by atoms with Gasteiger partial charge in [-0.25, -0.2) is 4.39 Å². The van der Waals surface area contributed by atoms with E-state index in [1.807, 2.05) is 0 Å². The Balaban J connectivity index is 1.94. The van der Waals surface area contributed by atoms with Crippen molar-refractivity contribution in [3.05, 3.63) is 57.6 Å². The van der Waals surface area contributed by atoms with Gasteiger partial charge in [0.15, 0.2) is 0 Å². The number of alkyl halides is 4. The van der Waals surface area contributed by atoms with Crippen molar-refractivity contribution < 1.29 is 27.5 Å². The molecular formula is C17H14ClF4N3O2. The van der Waals surface area contributed by atoms with Crippen molar-refractivity contribution in [2.45, 2.75) is 37.2 Å². The van der Waals surface area contributed by atoms with Gasteiger partial charge in [-0.1, -0.05) is 17.7 Å². The predicted molar refractivity (Wildman–Crippen MR) is 87.5 cm³/mol. The first-order valence-corrected chi connectivity index (χ1v) is 8.29. The summed E-state index contributed by atoms with van der Waals surface area (Å²) in [5.41, 5.74) is 2.06. The summed E-state index contributed by atoms with van der Waals surface area (Å²) in [4.78, 5) is 19.4. The Labute approximate surface area is 156 Å². The van der Waals surface area contributed by atoms with Crippen LogP contribution in [-0.2, 0) is 23.1 Å². The zero-order chi connectivity index (χ0) is 20.0. The van der Waals surface area contributed by atoms with E-state index in [2.05, 4.69) is 9.97 Å². The molecule has 2 heterocycles. The van der Waals surface area contributed by atoms with Crippen LogP contribution in [0.3, 0.4) is 0 Å². The van der Waals surface area contributed by atoms with Crippen molar-refractivity contribution in [1.82, 2.24) is 9.97 Å². The lowest BCUT2D eigenvalue weighted by Crippen LogP contribution is -2.41. The van der Waals surface area contributed by atoms with Crippen molar-refractivity contribution >= 4 is 17.5 Å². The van der Waals surface area contributed by atoms with Gasteiger partial charge in [-0.2, -0.15) is 13.2 Å². The first-order valence-electron chi connectivity index (χ1n) is 7.91. The summed E-state index contributed by atoms with van der Waals surface area (Å²) in [5.74, 6) is -1.17. The molecule has 3 rings (SSSR count). The molecule has 2 atom stereocenters. The molecule has 0 saturated carbocycles. The Bertz CT molecular complexity index is 906. The van der Waals surface area contributed by atoms with E-state index in [0.29, 0.717) is 11.9 Å². The number of amides is 1. The number of aromatic nitrogens is 2. The van der Waals surface area contributed by atoms with Gasteiger partial charge in [0, 0.05) is 23.9 Å². The summed E-state index contributed by atoms with van der Waals surface area (Å²) in [6.45, 7) is 0. The molecule has 27 heavy (non-hydrogen) atoms. The van der Waals surface area contributed by atoms with Gasteiger partial charge >= 0.3 is 6.18 Å². The number of aliphatic hydroxyl groups excluding tert-OH is 1. The van der Waals surface area contributed by atoms with Crippen LogP contribution in [0.15, 0.2) is 24.4 Å². The average molecular weight is 404 g/mol. The molecule has 0 spiro atoms. The van der Waals surface area contributed by atoms with E-state index in [0.717, 1.165) is 6.07 Å². The maximum atomic E-state index is 14.9. The first-order chi connectivity index (χ1) is 12.5. The summed E-state index contributed by atoms with van der Waals surface area (Å²) in [7, 11) is 0. The van der Waals surface area contributed by atoms with Gasteiger partial charge in [0.05, 0.1) is 28.1 Å². The summed E-state index contributed by atoms with van der Waals surface area (Å²) in [5, 5.41) is 9.91. The number of hydrogen-bond donors (Lipinski definition) is 2. The highest BCUT2D eigenvalue weighted by Gasteiger charge is 2.45. The van der Waals surface area contributed by atoms with Crippen molar-refractivity contribution in [3.8, 4) is 0 Å². The van der Waals surface area contributed by atoms with Crippen LogP contribution in [0, 0.1) is 0 Å². The van der Waals surface area contributed by atoms with Crippen LogP contribution in [0.4, 0.5) is 17.6 Å². The topological polar surface area (TPSA) is 89.1 Å². The summed E-state index contributed by atoms with van der Waals surface area (Å²) < 4.78 is 52.9. The third kappa shape index (κ3) is 3.61. The van der Waals surface area contributed by atoms with Gasteiger partial charge in [-0.15, -0.1) is 0 Å². The Morgan fingerprint density at radius 1 is 1.41 bits per heavy atom. The number of nitrogens with two attached hydrogens (primary N) is 1. The molecule has 1 amide bonds. The average Bonchev–Trinajstić information content (AvgIpc) is 2.59. The van der Waals surface area contributed by atoms with Crippen LogP contribution in [0.1, 0.15) is 47.2 Å². The van der Waals surface area contributed by atoms with E-state index >= 15 is 0 Å². The van der Waals surface area contributed by atoms with E-state index in [4.69, 9.17) is 17.3 Å². The second-order valence-electron chi connectivity index (χ2n) is 6.28. The number of fused-ring (bicyclic) bond motifs is 1. The maximum Gasteiger partial charge on any atom is 0.417 e. The first kappa shape index (κ1) is 19.5. The van der Waals surface area contributed by atoms with Crippen molar-refractivity contribution in [3.63, 3.8) is 0 Å². The van der Waals surface area contributed by atoms with E-state index in [1.54, 1.807) is 0 Å². The standard InChI is InChI=1S/C17H14ClF4N3O2/c18-11-5-8(17(20,21)22)7-24-12(11)6-9-1-2-10-14(25-9)13(26)3-4-16(10,19)15(23)27/h1-2,5,7,13,26H,3-4,6H2,(H2,23,27). The Morgan fingerprint density at radius 2 is 2.11 bits per heavy atom.